The molecule has 3 rings (SSSR count). The van der Waals surface area contributed by atoms with Crippen molar-refractivity contribution in [1.29, 1.82) is 0 Å². The average molecular weight is 437 g/mol. The Labute approximate surface area is 182 Å². The fourth-order valence-corrected chi connectivity index (χ4v) is 3.58. The number of hydrogen-bond acceptors (Lipinski definition) is 6. The van der Waals surface area contributed by atoms with Crippen LogP contribution in [0, 0.1) is 0 Å². The van der Waals surface area contributed by atoms with Crippen molar-refractivity contribution in [2.24, 2.45) is 5.73 Å². The molecule has 3 aromatic rings. The van der Waals surface area contributed by atoms with Gasteiger partial charge >= 0.3 is 5.97 Å². The molecule has 2 aromatic carbocycles. The van der Waals surface area contributed by atoms with Crippen LogP contribution in [0.15, 0.2) is 66.0 Å². The summed E-state index contributed by atoms with van der Waals surface area (Å²) in [6, 6.07) is 16.7. The van der Waals surface area contributed by atoms with E-state index in [9.17, 15) is 19.2 Å². The van der Waals surface area contributed by atoms with E-state index in [2.05, 4.69) is 5.32 Å². The predicted molar refractivity (Wildman–Crippen MR) is 117 cm³/mol. The second-order valence-electron chi connectivity index (χ2n) is 6.40. The van der Waals surface area contributed by atoms with Gasteiger partial charge in [0, 0.05) is 12.7 Å². The molecular weight excluding hydrogens is 418 g/mol. The van der Waals surface area contributed by atoms with Crippen LogP contribution in [0.2, 0.25) is 0 Å². The summed E-state index contributed by atoms with van der Waals surface area (Å²) in [5, 5.41) is 4.36. The summed E-state index contributed by atoms with van der Waals surface area (Å²) in [5.41, 5.74) is 6.26. The molecule has 0 aliphatic rings. The van der Waals surface area contributed by atoms with E-state index in [0.29, 0.717) is 5.69 Å². The summed E-state index contributed by atoms with van der Waals surface area (Å²) < 4.78 is 5.08. The number of para-hydroxylation sites is 1. The minimum absolute atomic E-state index is 0.0389. The third-order valence-corrected chi connectivity index (χ3v) is 5.17. The summed E-state index contributed by atoms with van der Waals surface area (Å²) in [6.07, 6.45) is 0. The van der Waals surface area contributed by atoms with Crippen molar-refractivity contribution in [1.82, 2.24) is 0 Å². The lowest BCUT2D eigenvalue weighted by molar-refractivity contribution is -0.119. The summed E-state index contributed by atoms with van der Waals surface area (Å²) in [7, 11) is 1.60. The summed E-state index contributed by atoms with van der Waals surface area (Å²) in [4.78, 5) is 50.4. The Morgan fingerprint density at radius 2 is 1.58 bits per heavy atom. The molecule has 0 saturated carbocycles. The number of hydrogen-bond donors (Lipinski definition) is 2. The van der Waals surface area contributed by atoms with Crippen LogP contribution >= 0.6 is 11.3 Å². The van der Waals surface area contributed by atoms with E-state index in [4.69, 9.17) is 10.5 Å². The summed E-state index contributed by atoms with van der Waals surface area (Å²) >= 11 is 1.12. The lowest BCUT2D eigenvalue weighted by Gasteiger charge is -2.18. The van der Waals surface area contributed by atoms with Crippen molar-refractivity contribution in [2.45, 2.75) is 0 Å². The van der Waals surface area contributed by atoms with Crippen molar-refractivity contribution in [3.63, 3.8) is 0 Å². The van der Waals surface area contributed by atoms with E-state index in [-0.39, 0.29) is 21.7 Å². The maximum atomic E-state index is 12.9. The number of benzene rings is 2. The molecule has 3 N–H and O–H groups in total. The van der Waals surface area contributed by atoms with Crippen LogP contribution in [0.1, 0.15) is 31.1 Å². The van der Waals surface area contributed by atoms with Crippen molar-refractivity contribution < 1.29 is 23.9 Å². The van der Waals surface area contributed by atoms with Crippen LogP contribution in [0.4, 0.5) is 10.7 Å². The lowest BCUT2D eigenvalue weighted by atomic mass is 10.1. The largest absolute Gasteiger partial charge is 0.452 e. The molecular formula is C22H19N3O5S. The molecule has 1 aromatic heterocycles. The Balaban J connectivity index is 1.68. The molecule has 0 spiro atoms. The van der Waals surface area contributed by atoms with Gasteiger partial charge in [0.2, 0.25) is 0 Å². The lowest BCUT2D eigenvalue weighted by Crippen LogP contribution is -2.28. The number of carbonyl (C=O) groups excluding carboxylic acids is 4. The van der Waals surface area contributed by atoms with E-state index < -0.39 is 30.3 Å². The number of carbonyl (C=O) groups is 4. The smallest absolute Gasteiger partial charge is 0.339 e. The molecule has 158 valence electrons. The van der Waals surface area contributed by atoms with Crippen molar-refractivity contribution >= 4 is 45.7 Å². The second-order valence-corrected chi connectivity index (χ2v) is 7.31. The van der Waals surface area contributed by atoms with Crippen LogP contribution in [0.3, 0.4) is 0 Å². The molecule has 9 heteroatoms. The summed E-state index contributed by atoms with van der Waals surface area (Å²) in [6.45, 7) is -0.591. The molecule has 0 atom stereocenters. The van der Waals surface area contributed by atoms with Gasteiger partial charge in [-0.1, -0.05) is 30.3 Å². The third kappa shape index (κ3) is 5.14. The van der Waals surface area contributed by atoms with E-state index in [0.717, 1.165) is 11.3 Å². The maximum Gasteiger partial charge on any atom is 0.339 e. The Bertz CT molecular complexity index is 1130. The number of nitrogens with zero attached hydrogens (tertiary/aromatic N) is 1. The topological polar surface area (TPSA) is 119 Å². The van der Waals surface area contributed by atoms with Crippen LogP contribution in [0.25, 0.3) is 0 Å². The Hall–Kier alpha value is -3.98. The normalized spacial score (nSPS) is 10.2. The van der Waals surface area contributed by atoms with Gasteiger partial charge in [0.05, 0.1) is 16.7 Å². The van der Waals surface area contributed by atoms with Gasteiger partial charge < -0.3 is 20.7 Å². The van der Waals surface area contributed by atoms with Crippen molar-refractivity contribution in [3.05, 3.63) is 82.7 Å². The van der Waals surface area contributed by atoms with Gasteiger partial charge in [-0.2, -0.15) is 0 Å². The van der Waals surface area contributed by atoms with Crippen LogP contribution < -0.4 is 16.0 Å². The number of primary amides is 1. The first-order valence-electron chi connectivity index (χ1n) is 9.15. The zero-order chi connectivity index (χ0) is 22.4. The fraction of sp³-hybridized carbons (Fsp3) is 0.0909. The zero-order valence-electron chi connectivity index (χ0n) is 16.5. The van der Waals surface area contributed by atoms with Gasteiger partial charge in [0.15, 0.2) is 6.61 Å². The molecule has 0 unspecified atom stereocenters. The highest BCUT2D eigenvalue weighted by molar-refractivity contribution is 7.14. The molecule has 3 amide bonds. The van der Waals surface area contributed by atoms with Gasteiger partial charge in [-0.15, -0.1) is 11.3 Å². The molecule has 0 saturated heterocycles. The average Bonchev–Trinajstić information content (AvgIpc) is 3.25. The van der Waals surface area contributed by atoms with Gasteiger partial charge in [-0.3, -0.25) is 14.4 Å². The first-order valence-corrected chi connectivity index (χ1v) is 10.0. The Morgan fingerprint density at radius 1 is 0.935 bits per heavy atom. The SMILES string of the molecule is CN(C(=O)c1ccccc1C(=O)OCC(=O)Nc1sccc1C(N)=O)c1ccccc1. The Morgan fingerprint density at radius 3 is 2.26 bits per heavy atom. The molecule has 1 heterocycles. The predicted octanol–water partition coefficient (Wildman–Crippen LogP) is 2.92. The van der Waals surface area contributed by atoms with E-state index in [1.807, 2.05) is 6.07 Å². The number of anilines is 2. The highest BCUT2D eigenvalue weighted by atomic mass is 32.1. The minimum atomic E-state index is -0.818. The minimum Gasteiger partial charge on any atom is -0.452 e. The van der Waals surface area contributed by atoms with E-state index >= 15 is 0 Å². The number of thiophene rings is 1. The number of amides is 3. The quantitative estimate of drug-likeness (QED) is 0.551. The number of rotatable bonds is 7. The molecule has 31 heavy (non-hydrogen) atoms. The second kappa shape index (κ2) is 9.68. The van der Waals surface area contributed by atoms with Crippen LogP contribution in [0.5, 0.6) is 0 Å². The summed E-state index contributed by atoms with van der Waals surface area (Å²) in [5.74, 6) is -2.53. The number of nitrogens with one attached hydrogen (secondary N) is 1. The zero-order valence-corrected chi connectivity index (χ0v) is 17.3. The van der Waals surface area contributed by atoms with E-state index in [1.165, 1.54) is 23.1 Å². The highest BCUT2D eigenvalue weighted by Crippen LogP contribution is 2.22. The fourth-order valence-electron chi connectivity index (χ4n) is 2.77. The molecule has 8 nitrogen and oxygen atoms in total. The molecule has 0 bridgehead atoms. The van der Waals surface area contributed by atoms with Gasteiger partial charge in [0.25, 0.3) is 17.7 Å². The molecule has 0 fully saturated rings. The van der Waals surface area contributed by atoms with E-state index in [1.54, 1.807) is 48.8 Å². The number of esters is 1. The van der Waals surface area contributed by atoms with Gasteiger partial charge in [0.1, 0.15) is 5.00 Å². The van der Waals surface area contributed by atoms with Gasteiger partial charge in [-0.25, -0.2) is 4.79 Å². The first-order chi connectivity index (χ1) is 14.9. The maximum absolute atomic E-state index is 12.9. The van der Waals surface area contributed by atoms with Crippen molar-refractivity contribution in [3.8, 4) is 0 Å². The third-order valence-electron chi connectivity index (χ3n) is 4.34. The number of nitrogens with two attached hydrogens (primary N) is 1. The highest BCUT2D eigenvalue weighted by Gasteiger charge is 2.22. The molecule has 0 aliphatic heterocycles. The Kier molecular flexibility index (Phi) is 6.78. The number of ether oxygens (including phenoxy) is 1. The molecule has 0 aliphatic carbocycles. The monoisotopic (exact) mass is 437 g/mol. The first kappa shape index (κ1) is 21.7. The molecule has 0 radical (unpaired) electrons. The van der Waals surface area contributed by atoms with Crippen LogP contribution in [-0.2, 0) is 9.53 Å². The standard InChI is InChI=1S/C22H19N3O5S/c1-25(14-7-3-2-4-8-14)21(28)15-9-5-6-10-16(15)22(29)30-13-18(26)24-20-17(19(23)27)11-12-31-20/h2-12H,13H2,1H3,(H2,23,27)(H,24,26). The van der Waals surface area contributed by atoms with Crippen LogP contribution in [-0.4, -0.2) is 37.3 Å². The van der Waals surface area contributed by atoms with Gasteiger partial charge in [-0.05, 0) is 35.7 Å². The van der Waals surface area contributed by atoms with Crippen molar-refractivity contribution in [2.75, 3.05) is 23.9 Å².